The molecule has 0 radical (unpaired) electrons. The Bertz CT molecular complexity index is 403. The van der Waals surface area contributed by atoms with Crippen molar-refractivity contribution >= 4 is 39.1 Å². The molecular formula is C10H12BrNO3S. The molecule has 0 spiro atoms. The second kappa shape index (κ2) is 5.45. The molecule has 0 unspecified atom stereocenters. The fraction of sp³-hybridized carbons (Fsp3) is 0.400. The number of aliphatic carboxylic acids is 1. The first-order chi connectivity index (χ1) is 7.41. The van der Waals surface area contributed by atoms with Gasteiger partial charge in [-0.25, -0.2) is 4.79 Å². The quantitative estimate of drug-likeness (QED) is 0.897. The molecule has 88 valence electrons. The monoisotopic (exact) mass is 305 g/mol. The van der Waals surface area contributed by atoms with Crippen molar-refractivity contribution < 1.29 is 14.7 Å². The van der Waals surface area contributed by atoms with E-state index < -0.39 is 12.0 Å². The maximum Gasteiger partial charge on any atom is 0.326 e. The minimum atomic E-state index is -1.01. The molecule has 4 nitrogen and oxygen atoms in total. The van der Waals surface area contributed by atoms with Crippen molar-refractivity contribution in [2.45, 2.75) is 19.9 Å². The third-order valence-corrected chi connectivity index (χ3v) is 3.64. The average molecular weight is 306 g/mol. The van der Waals surface area contributed by atoms with E-state index in [2.05, 4.69) is 21.2 Å². The van der Waals surface area contributed by atoms with Gasteiger partial charge < -0.3 is 10.4 Å². The summed E-state index contributed by atoms with van der Waals surface area (Å²) in [5.74, 6) is -1.51. The van der Waals surface area contributed by atoms with Crippen molar-refractivity contribution in [3.63, 3.8) is 0 Å². The number of rotatable bonds is 4. The number of nitrogens with one attached hydrogen (secondary N) is 1. The van der Waals surface area contributed by atoms with Crippen LogP contribution in [0.5, 0.6) is 0 Å². The number of hydrogen-bond acceptors (Lipinski definition) is 3. The first-order valence-electron chi connectivity index (χ1n) is 4.71. The van der Waals surface area contributed by atoms with E-state index in [0.717, 1.165) is 3.79 Å². The lowest BCUT2D eigenvalue weighted by Crippen LogP contribution is -2.44. The summed E-state index contributed by atoms with van der Waals surface area (Å²) in [6, 6.07) is 2.56. The predicted molar refractivity (Wildman–Crippen MR) is 65.7 cm³/mol. The SMILES string of the molecule is CC(C)[C@H](NC(=O)c1ccc(Br)s1)C(=O)O. The van der Waals surface area contributed by atoms with Crippen molar-refractivity contribution in [1.29, 1.82) is 0 Å². The lowest BCUT2D eigenvalue weighted by molar-refractivity contribution is -0.140. The molecular weight excluding hydrogens is 294 g/mol. The van der Waals surface area contributed by atoms with E-state index in [1.54, 1.807) is 26.0 Å². The van der Waals surface area contributed by atoms with Crippen LogP contribution >= 0.6 is 27.3 Å². The van der Waals surface area contributed by atoms with Crippen molar-refractivity contribution in [3.05, 3.63) is 20.8 Å². The lowest BCUT2D eigenvalue weighted by Gasteiger charge is -2.17. The van der Waals surface area contributed by atoms with E-state index >= 15 is 0 Å². The zero-order chi connectivity index (χ0) is 12.3. The van der Waals surface area contributed by atoms with E-state index in [-0.39, 0.29) is 11.8 Å². The number of carbonyl (C=O) groups excluding carboxylic acids is 1. The molecule has 1 rings (SSSR count). The Morgan fingerprint density at radius 2 is 2.06 bits per heavy atom. The molecule has 1 aromatic heterocycles. The van der Waals surface area contributed by atoms with Crippen molar-refractivity contribution in [3.8, 4) is 0 Å². The highest BCUT2D eigenvalue weighted by molar-refractivity contribution is 9.11. The normalized spacial score (nSPS) is 12.5. The van der Waals surface area contributed by atoms with Crippen molar-refractivity contribution in [1.82, 2.24) is 5.32 Å². The molecule has 0 aliphatic rings. The standard InChI is InChI=1S/C10H12BrNO3S/c1-5(2)8(10(14)15)12-9(13)6-3-4-7(11)16-6/h3-5,8H,1-2H3,(H,12,13)(H,14,15)/t8-/m0/s1. The van der Waals surface area contributed by atoms with Crippen LogP contribution in [0.2, 0.25) is 0 Å². The fourth-order valence-corrected chi connectivity index (χ4v) is 2.45. The number of halogens is 1. The summed E-state index contributed by atoms with van der Waals surface area (Å²) in [7, 11) is 0. The van der Waals surface area contributed by atoms with Gasteiger partial charge in [0.1, 0.15) is 6.04 Å². The van der Waals surface area contributed by atoms with Gasteiger partial charge in [-0.1, -0.05) is 13.8 Å². The fourth-order valence-electron chi connectivity index (χ4n) is 1.16. The Morgan fingerprint density at radius 3 is 2.44 bits per heavy atom. The summed E-state index contributed by atoms with van der Waals surface area (Å²) < 4.78 is 0.842. The van der Waals surface area contributed by atoms with Crippen LogP contribution in [0.1, 0.15) is 23.5 Å². The molecule has 0 aliphatic carbocycles. The zero-order valence-corrected chi connectivity index (χ0v) is 11.3. The molecule has 1 amide bonds. The van der Waals surface area contributed by atoms with Crippen LogP contribution in [0.3, 0.4) is 0 Å². The highest BCUT2D eigenvalue weighted by Gasteiger charge is 2.24. The van der Waals surface area contributed by atoms with E-state index in [4.69, 9.17) is 5.11 Å². The Kier molecular flexibility index (Phi) is 4.49. The average Bonchev–Trinajstić information content (AvgIpc) is 2.59. The molecule has 0 aromatic carbocycles. The summed E-state index contributed by atoms with van der Waals surface area (Å²) in [5.41, 5.74) is 0. The molecule has 2 N–H and O–H groups in total. The number of amides is 1. The largest absolute Gasteiger partial charge is 0.480 e. The molecule has 0 saturated carbocycles. The molecule has 0 bridgehead atoms. The van der Waals surface area contributed by atoms with Gasteiger partial charge in [0, 0.05) is 0 Å². The zero-order valence-electron chi connectivity index (χ0n) is 8.86. The summed E-state index contributed by atoms with van der Waals surface area (Å²) in [6.07, 6.45) is 0. The molecule has 6 heteroatoms. The van der Waals surface area contributed by atoms with Crippen molar-refractivity contribution in [2.24, 2.45) is 5.92 Å². The molecule has 1 heterocycles. The van der Waals surface area contributed by atoms with Gasteiger partial charge in [-0.05, 0) is 34.0 Å². The van der Waals surface area contributed by atoms with Gasteiger partial charge in [-0.3, -0.25) is 4.79 Å². The Balaban J connectivity index is 2.73. The highest BCUT2D eigenvalue weighted by Crippen LogP contribution is 2.22. The molecule has 0 saturated heterocycles. The van der Waals surface area contributed by atoms with Gasteiger partial charge in [0.05, 0.1) is 8.66 Å². The number of carboxylic acids is 1. The summed E-state index contributed by atoms with van der Waals surface area (Å²) >= 11 is 4.52. The molecule has 0 fully saturated rings. The maximum absolute atomic E-state index is 11.7. The van der Waals surface area contributed by atoms with E-state index in [1.165, 1.54) is 11.3 Å². The van der Waals surface area contributed by atoms with Gasteiger partial charge in [-0.2, -0.15) is 0 Å². The third-order valence-electron chi connectivity index (χ3n) is 2.02. The van der Waals surface area contributed by atoms with Gasteiger partial charge in [0.15, 0.2) is 0 Å². The maximum atomic E-state index is 11.7. The Morgan fingerprint density at radius 1 is 1.44 bits per heavy atom. The number of carbonyl (C=O) groups is 2. The number of hydrogen-bond donors (Lipinski definition) is 2. The van der Waals surface area contributed by atoms with Crippen LogP contribution in [0.4, 0.5) is 0 Å². The summed E-state index contributed by atoms with van der Waals surface area (Å²) in [5, 5.41) is 11.4. The minimum absolute atomic E-state index is 0.148. The van der Waals surface area contributed by atoms with Crippen LogP contribution in [0, 0.1) is 5.92 Å². The summed E-state index contributed by atoms with van der Waals surface area (Å²) in [4.78, 5) is 23.1. The third kappa shape index (κ3) is 3.31. The second-order valence-electron chi connectivity index (χ2n) is 3.64. The van der Waals surface area contributed by atoms with Gasteiger partial charge in [-0.15, -0.1) is 11.3 Å². The molecule has 1 atom stereocenters. The summed E-state index contributed by atoms with van der Waals surface area (Å²) in [6.45, 7) is 3.51. The van der Waals surface area contributed by atoms with Crippen LogP contribution in [0.15, 0.2) is 15.9 Å². The van der Waals surface area contributed by atoms with Crippen LogP contribution in [0.25, 0.3) is 0 Å². The van der Waals surface area contributed by atoms with Gasteiger partial charge in [0.25, 0.3) is 5.91 Å². The Labute approximate surface area is 106 Å². The molecule has 0 aliphatic heterocycles. The first kappa shape index (κ1) is 13.2. The number of thiophene rings is 1. The van der Waals surface area contributed by atoms with Crippen LogP contribution < -0.4 is 5.32 Å². The second-order valence-corrected chi connectivity index (χ2v) is 6.10. The predicted octanol–water partition coefficient (Wildman–Crippen LogP) is 2.35. The Hall–Kier alpha value is -0.880. The van der Waals surface area contributed by atoms with E-state index in [0.29, 0.717) is 4.88 Å². The van der Waals surface area contributed by atoms with Gasteiger partial charge >= 0.3 is 5.97 Å². The van der Waals surface area contributed by atoms with E-state index in [9.17, 15) is 9.59 Å². The van der Waals surface area contributed by atoms with Crippen molar-refractivity contribution in [2.75, 3.05) is 0 Å². The number of carboxylic acid groups (broad SMARTS) is 1. The topological polar surface area (TPSA) is 66.4 Å². The van der Waals surface area contributed by atoms with Gasteiger partial charge in [0.2, 0.25) is 0 Å². The van der Waals surface area contributed by atoms with Crippen LogP contribution in [-0.2, 0) is 4.79 Å². The van der Waals surface area contributed by atoms with E-state index in [1.807, 2.05) is 0 Å². The minimum Gasteiger partial charge on any atom is -0.480 e. The smallest absolute Gasteiger partial charge is 0.326 e. The highest BCUT2D eigenvalue weighted by atomic mass is 79.9. The molecule has 1 aromatic rings. The van der Waals surface area contributed by atoms with Crippen LogP contribution in [-0.4, -0.2) is 23.0 Å². The lowest BCUT2D eigenvalue weighted by atomic mass is 10.0. The first-order valence-corrected chi connectivity index (χ1v) is 6.31. The molecule has 16 heavy (non-hydrogen) atoms.